The van der Waals surface area contributed by atoms with E-state index in [1.165, 1.54) is 12.1 Å². The fraction of sp³-hybridized carbons (Fsp3) is 0.385. The molecule has 0 aliphatic heterocycles. The molecule has 0 radical (unpaired) electrons. The number of ether oxygens (including phenoxy) is 2. The molecule has 1 aromatic carbocycles. The molecular weight excluding hydrogens is 256 g/mol. The van der Waals surface area contributed by atoms with Crippen molar-refractivity contribution < 1.29 is 23.0 Å². The van der Waals surface area contributed by atoms with E-state index < -0.39 is 6.61 Å². The van der Waals surface area contributed by atoms with Crippen molar-refractivity contribution in [2.75, 3.05) is 6.61 Å². The van der Waals surface area contributed by atoms with Gasteiger partial charge < -0.3 is 9.47 Å². The lowest BCUT2D eigenvalue weighted by Crippen LogP contribution is -2.06. The van der Waals surface area contributed by atoms with E-state index in [1.807, 2.05) is 0 Å². The number of carbonyl (C=O) groups is 1. The third kappa shape index (κ3) is 4.92. The van der Waals surface area contributed by atoms with Crippen LogP contribution >= 0.6 is 0 Å². The van der Waals surface area contributed by atoms with Crippen LogP contribution in [0.5, 0.6) is 5.75 Å². The Morgan fingerprint density at radius 3 is 2.79 bits per heavy atom. The molecule has 4 nitrogen and oxygen atoms in total. The van der Waals surface area contributed by atoms with Gasteiger partial charge in [-0.2, -0.15) is 14.0 Å². The number of esters is 1. The van der Waals surface area contributed by atoms with Crippen LogP contribution in [0.25, 0.3) is 0 Å². The molecular formula is C13H13F2NO3. The SMILES string of the molecule is CCOC(=O)CCc1ccc(C#N)c(OC(F)F)c1. The number of benzene rings is 1. The Hall–Kier alpha value is -2.16. The smallest absolute Gasteiger partial charge is 0.387 e. The van der Waals surface area contributed by atoms with Gasteiger partial charge in [0.25, 0.3) is 0 Å². The molecule has 0 fully saturated rings. The van der Waals surface area contributed by atoms with Gasteiger partial charge in [0.15, 0.2) is 0 Å². The zero-order valence-electron chi connectivity index (χ0n) is 10.4. The van der Waals surface area contributed by atoms with E-state index in [0.717, 1.165) is 0 Å². The van der Waals surface area contributed by atoms with Crippen LogP contribution in [0.4, 0.5) is 8.78 Å². The number of alkyl halides is 2. The highest BCUT2D eigenvalue weighted by atomic mass is 19.3. The van der Waals surface area contributed by atoms with Gasteiger partial charge in [0, 0.05) is 6.42 Å². The van der Waals surface area contributed by atoms with Crippen molar-refractivity contribution >= 4 is 5.97 Å². The average Bonchev–Trinajstić information content (AvgIpc) is 2.36. The van der Waals surface area contributed by atoms with Crippen molar-refractivity contribution in [1.82, 2.24) is 0 Å². The minimum absolute atomic E-state index is 0.0279. The lowest BCUT2D eigenvalue weighted by molar-refractivity contribution is -0.143. The summed E-state index contributed by atoms with van der Waals surface area (Å²) >= 11 is 0. The summed E-state index contributed by atoms with van der Waals surface area (Å²) in [4.78, 5) is 11.2. The third-order valence-electron chi connectivity index (χ3n) is 2.31. The Balaban J connectivity index is 2.75. The van der Waals surface area contributed by atoms with Crippen molar-refractivity contribution in [3.8, 4) is 11.8 Å². The molecule has 6 heteroatoms. The van der Waals surface area contributed by atoms with Crippen molar-refractivity contribution in [2.45, 2.75) is 26.4 Å². The Morgan fingerprint density at radius 2 is 2.21 bits per heavy atom. The van der Waals surface area contributed by atoms with E-state index in [1.54, 1.807) is 19.1 Å². The first kappa shape index (κ1) is 14.9. The number of rotatable bonds is 6. The predicted octanol–water partition coefficient (Wildman–Crippen LogP) is 2.66. The molecule has 0 aliphatic rings. The molecule has 0 spiro atoms. The lowest BCUT2D eigenvalue weighted by Gasteiger charge is -2.08. The highest BCUT2D eigenvalue weighted by Crippen LogP contribution is 2.22. The Bertz CT molecular complexity index is 483. The van der Waals surface area contributed by atoms with Crippen molar-refractivity contribution in [3.05, 3.63) is 29.3 Å². The van der Waals surface area contributed by atoms with Crippen LogP contribution in [0.15, 0.2) is 18.2 Å². The topological polar surface area (TPSA) is 59.3 Å². The first-order valence-electron chi connectivity index (χ1n) is 5.70. The second kappa shape index (κ2) is 7.31. The second-order valence-electron chi connectivity index (χ2n) is 3.63. The minimum Gasteiger partial charge on any atom is -0.466 e. The summed E-state index contributed by atoms with van der Waals surface area (Å²) in [6, 6.07) is 6.08. The van der Waals surface area contributed by atoms with E-state index in [2.05, 4.69) is 4.74 Å². The first-order valence-corrected chi connectivity index (χ1v) is 5.70. The molecule has 1 rings (SSSR count). The maximum Gasteiger partial charge on any atom is 0.387 e. The molecule has 0 aromatic heterocycles. The van der Waals surface area contributed by atoms with Crippen LogP contribution in [0.3, 0.4) is 0 Å². The number of nitriles is 1. The largest absolute Gasteiger partial charge is 0.466 e. The number of carbonyl (C=O) groups excluding carboxylic acids is 1. The number of hydrogen-bond acceptors (Lipinski definition) is 4. The first-order chi connectivity index (χ1) is 9.06. The van der Waals surface area contributed by atoms with E-state index in [0.29, 0.717) is 18.6 Å². The van der Waals surface area contributed by atoms with Crippen molar-refractivity contribution in [3.63, 3.8) is 0 Å². The highest BCUT2D eigenvalue weighted by molar-refractivity contribution is 5.69. The van der Waals surface area contributed by atoms with Crippen molar-refractivity contribution in [1.29, 1.82) is 5.26 Å². The number of hydrogen-bond donors (Lipinski definition) is 0. The fourth-order valence-electron chi connectivity index (χ4n) is 1.49. The molecule has 102 valence electrons. The van der Waals surface area contributed by atoms with E-state index in [4.69, 9.17) is 10.00 Å². The zero-order chi connectivity index (χ0) is 14.3. The zero-order valence-corrected chi connectivity index (χ0v) is 10.4. The van der Waals surface area contributed by atoms with Crippen LogP contribution < -0.4 is 4.74 Å². The summed E-state index contributed by atoms with van der Waals surface area (Å²) < 4.78 is 33.4. The van der Waals surface area contributed by atoms with E-state index in [-0.39, 0.29) is 23.7 Å². The molecule has 1 aromatic rings. The number of nitrogens with zero attached hydrogens (tertiary/aromatic N) is 1. The fourth-order valence-corrected chi connectivity index (χ4v) is 1.49. The lowest BCUT2D eigenvalue weighted by atomic mass is 10.1. The molecule has 19 heavy (non-hydrogen) atoms. The van der Waals surface area contributed by atoms with Crippen LogP contribution in [-0.2, 0) is 16.0 Å². The standard InChI is InChI=1S/C13H13F2NO3/c1-2-18-12(17)6-4-9-3-5-10(8-16)11(7-9)19-13(14)15/h3,5,7,13H,2,4,6H2,1H3. The van der Waals surface area contributed by atoms with Gasteiger partial charge in [-0.15, -0.1) is 0 Å². The normalized spacial score (nSPS) is 10.1. The summed E-state index contributed by atoms with van der Waals surface area (Å²) in [5, 5.41) is 8.76. The third-order valence-corrected chi connectivity index (χ3v) is 2.31. The summed E-state index contributed by atoms with van der Waals surface area (Å²) in [7, 11) is 0. The monoisotopic (exact) mass is 269 g/mol. The summed E-state index contributed by atoms with van der Waals surface area (Å²) in [6.45, 7) is -0.993. The van der Waals surface area contributed by atoms with Crippen LogP contribution in [0, 0.1) is 11.3 Å². The maximum atomic E-state index is 12.2. The molecule has 0 saturated carbocycles. The van der Waals surface area contributed by atoms with Crippen LogP contribution in [0.1, 0.15) is 24.5 Å². The molecule has 0 unspecified atom stereocenters. The van der Waals surface area contributed by atoms with Crippen molar-refractivity contribution in [2.24, 2.45) is 0 Å². The quantitative estimate of drug-likeness (QED) is 0.745. The van der Waals surface area contributed by atoms with Gasteiger partial charge in [0.1, 0.15) is 11.8 Å². The van der Waals surface area contributed by atoms with Crippen LogP contribution in [0.2, 0.25) is 0 Å². The maximum absolute atomic E-state index is 12.2. The van der Waals surface area contributed by atoms with Gasteiger partial charge in [-0.25, -0.2) is 0 Å². The minimum atomic E-state index is -2.99. The summed E-state index contributed by atoms with van der Waals surface area (Å²) in [6.07, 6.45) is 0.484. The molecule has 0 amide bonds. The van der Waals surface area contributed by atoms with Gasteiger partial charge in [0.2, 0.25) is 0 Å². The second-order valence-corrected chi connectivity index (χ2v) is 3.63. The number of aryl methyl sites for hydroxylation is 1. The van der Waals surface area contributed by atoms with Gasteiger partial charge in [0.05, 0.1) is 12.2 Å². The van der Waals surface area contributed by atoms with Crippen LogP contribution in [-0.4, -0.2) is 19.2 Å². The highest BCUT2D eigenvalue weighted by Gasteiger charge is 2.11. The van der Waals surface area contributed by atoms with E-state index >= 15 is 0 Å². The summed E-state index contributed by atoms with van der Waals surface area (Å²) in [5.74, 6) is -0.540. The number of halogens is 2. The van der Waals surface area contributed by atoms with Gasteiger partial charge in [-0.05, 0) is 31.0 Å². The average molecular weight is 269 g/mol. The van der Waals surface area contributed by atoms with E-state index in [9.17, 15) is 13.6 Å². The molecule has 0 bridgehead atoms. The molecule has 0 N–H and O–H groups in total. The predicted molar refractivity (Wildman–Crippen MR) is 62.7 cm³/mol. The van der Waals surface area contributed by atoms with Gasteiger partial charge in [-0.1, -0.05) is 6.07 Å². The molecule has 0 heterocycles. The molecule has 0 saturated heterocycles. The Labute approximate surface area is 109 Å². The Kier molecular flexibility index (Phi) is 5.73. The molecule has 0 aliphatic carbocycles. The molecule has 0 atom stereocenters. The Morgan fingerprint density at radius 1 is 1.47 bits per heavy atom. The van der Waals surface area contributed by atoms with Gasteiger partial charge in [-0.3, -0.25) is 4.79 Å². The van der Waals surface area contributed by atoms with Gasteiger partial charge >= 0.3 is 12.6 Å². The summed E-state index contributed by atoms with van der Waals surface area (Å²) in [5.41, 5.74) is 0.655.